The topological polar surface area (TPSA) is 59.2 Å². The molecule has 0 amide bonds. The summed E-state index contributed by atoms with van der Waals surface area (Å²) in [5, 5.41) is 16.0. The van der Waals surface area contributed by atoms with Gasteiger partial charge in [-0.15, -0.1) is 11.3 Å². The smallest absolute Gasteiger partial charge is 0.183 e. The lowest BCUT2D eigenvalue weighted by atomic mass is 9.97. The van der Waals surface area contributed by atoms with Gasteiger partial charge >= 0.3 is 0 Å². The fourth-order valence-corrected chi connectivity index (χ4v) is 3.79. The van der Waals surface area contributed by atoms with Crippen LogP contribution in [0.5, 0.6) is 0 Å². The van der Waals surface area contributed by atoms with Crippen LogP contribution in [0.15, 0.2) is 65.4 Å². The quantitative estimate of drug-likeness (QED) is 0.551. The van der Waals surface area contributed by atoms with E-state index in [9.17, 15) is 5.11 Å². The van der Waals surface area contributed by atoms with Crippen molar-refractivity contribution in [3.63, 3.8) is 0 Å². The second-order valence-electron chi connectivity index (χ2n) is 5.88. The van der Waals surface area contributed by atoms with Crippen molar-refractivity contribution in [2.75, 3.05) is 0 Å². The van der Waals surface area contributed by atoms with Crippen LogP contribution < -0.4 is 4.78 Å². The standard InChI is InChI=1S/C19H14BClN2O2S/c20-15-8-7-14(26-15)19-16(18(24)12-2-1-9-22-10-12)17(23-25-19)11-3-5-13(21)6-4-11/h1-10,18,24H,20H2. The van der Waals surface area contributed by atoms with E-state index in [1.807, 2.05) is 38.2 Å². The molecule has 1 aromatic carbocycles. The summed E-state index contributed by atoms with van der Waals surface area (Å²) < 4.78 is 6.83. The summed E-state index contributed by atoms with van der Waals surface area (Å²) in [5.74, 6) is 0.574. The van der Waals surface area contributed by atoms with Gasteiger partial charge in [0.1, 0.15) is 11.8 Å². The highest BCUT2D eigenvalue weighted by Crippen LogP contribution is 2.40. The van der Waals surface area contributed by atoms with Gasteiger partial charge in [0.15, 0.2) is 13.6 Å². The van der Waals surface area contributed by atoms with Crippen LogP contribution in [0.2, 0.25) is 5.02 Å². The predicted molar refractivity (Wildman–Crippen MR) is 107 cm³/mol. The van der Waals surface area contributed by atoms with Crippen LogP contribution in [-0.4, -0.2) is 23.1 Å². The molecule has 4 rings (SSSR count). The summed E-state index contributed by atoms with van der Waals surface area (Å²) >= 11 is 7.60. The Morgan fingerprint density at radius 2 is 1.92 bits per heavy atom. The fraction of sp³-hybridized carbons (Fsp3) is 0.0526. The molecular formula is C19H14BClN2O2S. The van der Waals surface area contributed by atoms with Crippen LogP contribution in [0.4, 0.5) is 0 Å². The highest BCUT2D eigenvalue weighted by Gasteiger charge is 2.27. The largest absolute Gasteiger partial charge is 0.383 e. The van der Waals surface area contributed by atoms with Gasteiger partial charge < -0.3 is 9.63 Å². The lowest BCUT2D eigenvalue weighted by Crippen LogP contribution is -2.02. The summed E-state index contributed by atoms with van der Waals surface area (Å²) in [4.78, 5) is 5.03. The maximum absolute atomic E-state index is 11.1. The third kappa shape index (κ3) is 3.19. The fourth-order valence-electron chi connectivity index (χ4n) is 2.81. The van der Waals surface area contributed by atoms with Crippen LogP contribution in [0.25, 0.3) is 21.9 Å². The summed E-state index contributed by atoms with van der Waals surface area (Å²) in [6, 6.07) is 14.9. The van der Waals surface area contributed by atoms with Crippen molar-refractivity contribution in [3.05, 3.63) is 77.1 Å². The van der Waals surface area contributed by atoms with Crippen LogP contribution in [0.1, 0.15) is 17.2 Å². The Morgan fingerprint density at radius 3 is 2.58 bits per heavy atom. The van der Waals surface area contributed by atoms with Crippen LogP contribution in [-0.2, 0) is 0 Å². The Labute approximate surface area is 160 Å². The van der Waals surface area contributed by atoms with E-state index >= 15 is 0 Å². The third-order valence-electron chi connectivity index (χ3n) is 4.08. The first-order chi connectivity index (χ1) is 12.6. The lowest BCUT2D eigenvalue weighted by molar-refractivity contribution is 0.220. The molecule has 4 nitrogen and oxygen atoms in total. The molecule has 0 radical (unpaired) electrons. The highest BCUT2D eigenvalue weighted by molar-refractivity contribution is 7.23. The highest BCUT2D eigenvalue weighted by atomic mass is 35.5. The zero-order valence-corrected chi connectivity index (χ0v) is 15.5. The maximum atomic E-state index is 11.1. The zero-order chi connectivity index (χ0) is 18.1. The minimum absolute atomic E-state index is 0.574. The van der Waals surface area contributed by atoms with E-state index in [0.717, 1.165) is 15.2 Å². The maximum Gasteiger partial charge on any atom is 0.183 e. The van der Waals surface area contributed by atoms with E-state index in [4.69, 9.17) is 16.1 Å². The molecular weight excluding hydrogens is 367 g/mol. The number of aliphatic hydroxyl groups excluding tert-OH is 1. The van der Waals surface area contributed by atoms with Crippen molar-refractivity contribution in [1.82, 2.24) is 10.1 Å². The van der Waals surface area contributed by atoms with Gasteiger partial charge in [-0.05, 0) is 29.0 Å². The van der Waals surface area contributed by atoms with E-state index < -0.39 is 6.10 Å². The minimum Gasteiger partial charge on any atom is -0.383 e. The molecule has 0 fully saturated rings. The van der Waals surface area contributed by atoms with Crippen LogP contribution in [0.3, 0.4) is 0 Å². The van der Waals surface area contributed by atoms with Gasteiger partial charge in [0.2, 0.25) is 0 Å². The number of benzene rings is 1. The number of rotatable bonds is 4. The van der Waals surface area contributed by atoms with E-state index in [-0.39, 0.29) is 0 Å². The van der Waals surface area contributed by atoms with Gasteiger partial charge in [-0.25, -0.2) is 0 Å². The molecule has 7 heteroatoms. The molecule has 0 saturated carbocycles. The number of aliphatic hydroxyl groups is 1. The normalized spacial score (nSPS) is 12.2. The van der Waals surface area contributed by atoms with Crippen molar-refractivity contribution in [2.45, 2.75) is 6.10 Å². The van der Waals surface area contributed by atoms with E-state index in [1.165, 1.54) is 0 Å². The van der Waals surface area contributed by atoms with Crippen molar-refractivity contribution in [1.29, 1.82) is 0 Å². The number of aromatic nitrogens is 2. The third-order valence-corrected chi connectivity index (χ3v) is 5.33. The Balaban J connectivity index is 1.90. The van der Waals surface area contributed by atoms with E-state index in [2.05, 4.69) is 10.1 Å². The van der Waals surface area contributed by atoms with E-state index in [0.29, 0.717) is 27.6 Å². The number of hydrogen-bond donors (Lipinski definition) is 1. The molecule has 1 atom stereocenters. The average Bonchev–Trinajstić information content (AvgIpc) is 3.28. The number of hydrogen-bond acceptors (Lipinski definition) is 5. The summed E-state index contributed by atoms with van der Waals surface area (Å²) in [7, 11) is 2.03. The number of nitrogens with zero attached hydrogens (tertiary/aromatic N) is 2. The molecule has 3 heterocycles. The van der Waals surface area contributed by atoms with Crippen molar-refractivity contribution < 1.29 is 9.63 Å². The number of pyridine rings is 1. The van der Waals surface area contributed by atoms with Gasteiger partial charge in [-0.3, -0.25) is 4.98 Å². The van der Waals surface area contributed by atoms with Gasteiger partial charge in [-0.2, -0.15) is 0 Å². The Morgan fingerprint density at radius 1 is 1.12 bits per heavy atom. The Kier molecular flexibility index (Phi) is 4.63. The second kappa shape index (κ2) is 7.07. The zero-order valence-electron chi connectivity index (χ0n) is 13.9. The number of thiophene rings is 1. The molecule has 0 aliphatic carbocycles. The molecule has 0 bridgehead atoms. The molecule has 0 saturated heterocycles. The van der Waals surface area contributed by atoms with Crippen LogP contribution >= 0.6 is 22.9 Å². The molecule has 0 aliphatic rings. The molecule has 1 unspecified atom stereocenters. The molecule has 26 heavy (non-hydrogen) atoms. The SMILES string of the molecule is Bc1ccc(-c2onc(-c3ccc(Cl)cc3)c2C(O)c2cccnc2)s1. The lowest BCUT2D eigenvalue weighted by Gasteiger charge is -2.12. The van der Waals surface area contributed by atoms with Gasteiger partial charge in [0.05, 0.1) is 10.4 Å². The van der Waals surface area contributed by atoms with Crippen LogP contribution in [0, 0.1) is 0 Å². The van der Waals surface area contributed by atoms with Crippen molar-refractivity contribution in [3.8, 4) is 21.9 Å². The van der Waals surface area contributed by atoms with Crippen molar-refractivity contribution >= 4 is 35.6 Å². The summed E-state index contributed by atoms with van der Waals surface area (Å²) in [6.45, 7) is 0. The first kappa shape index (κ1) is 17.0. The summed E-state index contributed by atoms with van der Waals surface area (Å²) in [5.41, 5.74) is 2.73. The minimum atomic E-state index is -0.905. The molecule has 128 valence electrons. The van der Waals surface area contributed by atoms with Gasteiger partial charge in [0.25, 0.3) is 0 Å². The first-order valence-corrected chi connectivity index (χ1v) is 9.23. The second-order valence-corrected chi connectivity index (χ2v) is 7.60. The molecule has 4 aromatic rings. The Bertz CT molecular complexity index is 1030. The molecule has 0 aliphatic heterocycles. The average molecular weight is 381 g/mol. The first-order valence-electron chi connectivity index (χ1n) is 8.04. The molecule has 0 spiro atoms. The number of halogens is 1. The Hall–Kier alpha value is -2.41. The monoisotopic (exact) mass is 380 g/mol. The van der Waals surface area contributed by atoms with Gasteiger partial charge in [-0.1, -0.05) is 41.0 Å². The summed E-state index contributed by atoms with van der Waals surface area (Å²) in [6.07, 6.45) is 2.42. The van der Waals surface area contributed by atoms with Crippen molar-refractivity contribution in [2.24, 2.45) is 0 Å². The molecule has 1 N–H and O–H groups in total. The van der Waals surface area contributed by atoms with E-state index in [1.54, 1.807) is 41.9 Å². The predicted octanol–water partition coefficient (Wildman–Crippen LogP) is 3.46. The van der Waals surface area contributed by atoms with Gasteiger partial charge in [0, 0.05) is 28.5 Å². The molecule has 3 aromatic heterocycles.